The normalized spacial score (nSPS) is 15.7. The monoisotopic (exact) mass is 409 g/mol. The molecule has 144 valence electrons. The highest BCUT2D eigenvalue weighted by Crippen LogP contribution is 2.31. The van der Waals surface area contributed by atoms with E-state index in [0.29, 0.717) is 19.0 Å². The van der Waals surface area contributed by atoms with Gasteiger partial charge >= 0.3 is 0 Å². The molecule has 8 heteroatoms. The zero-order valence-corrected chi connectivity index (χ0v) is 17.4. The Labute approximate surface area is 163 Å². The van der Waals surface area contributed by atoms with Crippen molar-refractivity contribution in [2.24, 2.45) is 11.7 Å². The highest BCUT2D eigenvalue weighted by molar-refractivity contribution is 7.89. The van der Waals surface area contributed by atoms with Crippen LogP contribution in [-0.4, -0.2) is 40.5 Å². The molecule has 5 nitrogen and oxygen atoms in total. The van der Waals surface area contributed by atoms with Crippen LogP contribution in [0.1, 0.15) is 36.9 Å². The molecular weight excluding hydrogens is 381 g/mol. The minimum atomic E-state index is -3.50. The van der Waals surface area contributed by atoms with E-state index in [-0.39, 0.29) is 35.8 Å². The summed E-state index contributed by atoms with van der Waals surface area (Å²) >= 11 is 0. The molecule has 1 atom stereocenters. The fourth-order valence-corrected chi connectivity index (χ4v) is 3.34. The average Bonchev–Trinajstić information content (AvgIpc) is 3.28. The first-order valence-corrected chi connectivity index (χ1v) is 9.50. The molecule has 0 spiro atoms. The van der Waals surface area contributed by atoms with Crippen LogP contribution in [0.15, 0.2) is 29.2 Å². The lowest BCUT2D eigenvalue weighted by Crippen LogP contribution is -2.31. The third-order valence-corrected chi connectivity index (χ3v) is 5.34. The van der Waals surface area contributed by atoms with Crippen molar-refractivity contribution in [3.8, 4) is 0 Å². The highest BCUT2D eigenvalue weighted by Gasteiger charge is 2.19. The van der Waals surface area contributed by atoms with E-state index >= 15 is 0 Å². The van der Waals surface area contributed by atoms with Crippen molar-refractivity contribution >= 4 is 40.9 Å². The molecule has 0 saturated heterocycles. The number of nitrogens with two attached hydrogens (primary N) is 1. The van der Waals surface area contributed by atoms with Gasteiger partial charge in [-0.2, -0.15) is 0 Å². The van der Waals surface area contributed by atoms with E-state index in [2.05, 4.69) is 16.9 Å². The fraction of sp³-hybridized carbons (Fsp3) is 0.529. The van der Waals surface area contributed by atoms with Crippen molar-refractivity contribution in [3.05, 3.63) is 35.4 Å². The standard InChI is InChI=1S/C17H27N3O2S.2ClH/c1-13(18)17-12-16(23(21,22)19-10-11-20(2)3)9-8-15(17)7-6-14-4-5-14;;/h6-9,12-14,19H,4-5,10-11,18H2,1-3H3;2*1H/b7-6+;;/t13-;;/m1../s1. The molecule has 3 N–H and O–H groups in total. The van der Waals surface area contributed by atoms with Crippen LogP contribution in [0.4, 0.5) is 0 Å². The van der Waals surface area contributed by atoms with E-state index in [0.717, 1.165) is 11.1 Å². The van der Waals surface area contributed by atoms with Crippen LogP contribution in [0.2, 0.25) is 0 Å². The predicted molar refractivity (Wildman–Crippen MR) is 109 cm³/mol. The lowest BCUT2D eigenvalue weighted by Gasteiger charge is -2.14. The summed E-state index contributed by atoms with van der Waals surface area (Å²) in [6.07, 6.45) is 6.73. The Morgan fingerprint density at radius 3 is 2.48 bits per heavy atom. The summed E-state index contributed by atoms with van der Waals surface area (Å²) in [6.45, 7) is 2.91. The van der Waals surface area contributed by atoms with Crippen LogP contribution in [0.3, 0.4) is 0 Å². The lowest BCUT2D eigenvalue weighted by atomic mass is 10.0. The summed E-state index contributed by atoms with van der Waals surface area (Å²) in [5, 5.41) is 0. The van der Waals surface area contributed by atoms with Crippen molar-refractivity contribution in [1.29, 1.82) is 0 Å². The van der Waals surface area contributed by atoms with Gasteiger partial charge in [-0.3, -0.25) is 0 Å². The first kappa shape index (κ1) is 24.4. The van der Waals surface area contributed by atoms with Crippen molar-refractivity contribution in [2.45, 2.75) is 30.7 Å². The van der Waals surface area contributed by atoms with Gasteiger partial charge in [0.2, 0.25) is 10.0 Å². The first-order chi connectivity index (χ1) is 10.8. The molecule has 1 aromatic carbocycles. The maximum atomic E-state index is 12.4. The van der Waals surface area contributed by atoms with Crippen molar-refractivity contribution in [3.63, 3.8) is 0 Å². The van der Waals surface area contributed by atoms with Gasteiger partial charge in [0.25, 0.3) is 0 Å². The van der Waals surface area contributed by atoms with Gasteiger partial charge < -0.3 is 10.6 Å². The number of hydrogen-bond acceptors (Lipinski definition) is 4. The highest BCUT2D eigenvalue weighted by atomic mass is 35.5. The van der Waals surface area contributed by atoms with E-state index in [4.69, 9.17) is 5.73 Å². The number of hydrogen-bond donors (Lipinski definition) is 2. The van der Waals surface area contributed by atoms with E-state index in [1.807, 2.05) is 32.0 Å². The van der Waals surface area contributed by atoms with Gasteiger partial charge in [-0.25, -0.2) is 13.1 Å². The topological polar surface area (TPSA) is 75.4 Å². The lowest BCUT2D eigenvalue weighted by molar-refractivity contribution is 0.412. The molecule has 1 saturated carbocycles. The first-order valence-electron chi connectivity index (χ1n) is 8.02. The zero-order valence-electron chi connectivity index (χ0n) is 14.9. The Bertz CT molecular complexity index is 672. The Morgan fingerprint density at radius 1 is 1.32 bits per heavy atom. The second kappa shape index (κ2) is 10.5. The number of allylic oxidation sites excluding steroid dienone is 1. The third-order valence-electron chi connectivity index (χ3n) is 3.88. The predicted octanol–water partition coefficient (Wildman–Crippen LogP) is 2.81. The third kappa shape index (κ3) is 7.64. The van der Waals surface area contributed by atoms with Gasteiger partial charge in [0, 0.05) is 19.1 Å². The molecule has 0 aliphatic heterocycles. The smallest absolute Gasteiger partial charge is 0.240 e. The average molecular weight is 410 g/mol. The van der Waals surface area contributed by atoms with Crippen LogP contribution in [0.25, 0.3) is 6.08 Å². The van der Waals surface area contributed by atoms with Crippen molar-refractivity contribution < 1.29 is 8.42 Å². The van der Waals surface area contributed by atoms with Gasteiger partial charge in [-0.05, 0) is 63.0 Å². The maximum Gasteiger partial charge on any atom is 0.240 e. The minimum absolute atomic E-state index is 0. The molecule has 1 aliphatic rings. The SMILES string of the molecule is C[C@@H](N)c1cc(S(=O)(=O)NCCN(C)C)ccc1/C=C/C1CC1.Cl.Cl. The molecule has 1 aromatic rings. The van der Waals surface area contributed by atoms with Crippen LogP contribution < -0.4 is 10.5 Å². The molecular formula is C17H29Cl2N3O2S. The van der Waals surface area contributed by atoms with Gasteiger partial charge in [-0.1, -0.05) is 18.2 Å². The van der Waals surface area contributed by atoms with E-state index < -0.39 is 10.0 Å². The van der Waals surface area contributed by atoms with Crippen LogP contribution >= 0.6 is 24.8 Å². The number of nitrogens with one attached hydrogen (secondary N) is 1. The molecule has 0 heterocycles. The minimum Gasteiger partial charge on any atom is -0.324 e. The Balaban J connectivity index is 0.00000288. The summed E-state index contributed by atoms with van der Waals surface area (Å²) in [5.41, 5.74) is 7.89. The van der Waals surface area contributed by atoms with Crippen molar-refractivity contribution in [1.82, 2.24) is 9.62 Å². The van der Waals surface area contributed by atoms with Crippen LogP contribution in [-0.2, 0) is 10.0 Å². The fourth-order valence-electron chi connectivity index (χ4n) is 2.28. The van der Waals surface area contributed by atoms with Crippen molar-refractivity contribution in [2.75, 3.05) is 27.2 Å². The molecule has 0 radical (unpaired) electrons. The number of sulfonamides is 1. The van der Waals surface area contributed by atoms with Gasteiger partial charge in [0.15, 0.2) is 0 Å². The molecule has 0 bridgehead atoms. The summed E-state index contributed by atoms with van der Waals surface area (Å²) in [7, 11) is 0.309. The summed E-state index contributed by atoms with van der Waals surface area (Å²) < 4.78 is 27.4. The van der Waals surface area contributed by atoms with E-state index in [1.54, 1.807) is 12.1 Å². The molecule has 2 rings (SSSR count). The van der Waals surface area contributed by atoms with Crippen LogP contribution in [0, 0.1) is 5.92 Å². The van der Waals surface area contributed by atoms with E-state index in [9.17, 15) is 8.42 Å². The number of likely N-dealkylation sites (N-methyl/N-ethyl adjacent to an activating group) is 1. The number of rotatable bonds is 8. The molecule has 1 fully saturated rings. The second-order valence-electron chi connectivity index (χ2n) is 6.48. The molecule has 0 aromatic heterocycles. The summed E-state index contributed by atoms with van der Waals surface area (Å²) in [6, 6.07) is 4.97. The number of nitrogens with zero attached hydrogens (tertiary/aromatic N) is 1. The maximum absolute atomic E-state index is 12.4. The van der Waals surface area contributed by atoms with Gasteiger partial charge in [0.1, 0.15) is 0 Å². The number of benzene rings is 1. The van der Waals surface area contributed by atoms with Crippen LogP contribution in [0.5, 0.6) is 0 Å². The number of halogens is 2. The Hall–Kier alpha value is -0.630. The quantitative estimate of drug-likeness (QED) is 0.691. The Morgan fingerprint density at radius 2 is 1.96 bits per heavy atom. The molecule has 25 heavy (non-hydrogen) atoms. The largest absolute Gasteiger partial charge is 0.324 e. The van der Waals surface area contributed by atoms with Gasteiger partial charge in [0.05, 0.1) is 4.90 Å². The molecule has 0 unspecified atom stereocenters. The molecule has 0 amide bonds. The summed E-state index contributed by atoms with van der Waals surface area (Å²) in [4.78, 5) is 2.20. The summed E-state index contributed by atoms with van der Waals surface area (Å²) in [5.74, 6) is 0.673. The zero-order chi connectivity index (χ0) is 17.0. The van der Waals surface area contributed by atoms with E-state index in [1.165, 1.54) is 12.8 Å². The van der Waals surface area contributed by atoms with Gasteiger partial charge in [-0.15, -0.1) is 24.8 Å². The Kier molecular flexibility index (Phi) is 10.2. The second-order valence-corrected chi connectivity index (χ2v) is 8.24. The molecule has 1 aliphatic carbocycles.